The molecule has 1 heterocycles. The van der Waals surface area contributed by atoms with E-state index in [0.717, 1.165) is 23.2 Å². The van der Waals surface area contributed by atoms with Crippen LogP contribution >= 0.6 is 0 Å². The second kappa shape index (κ2) is 4.82. The van der Waals surface area contributed by atoms with Crippen molar-refractivity contribution in [3.63, 3.8) is 0 Å². The lowest BCUT2D eigenvalue weighted by molar-refractivity contribution is 0.465. The van der Waals surface area contributed by atoms with Crippen molar-refractivity contribution in [2.75, 3.05) is 5.32 Å². The minimum absolute atomic E-state index is 0.156. The fourth-order valence-electron chi connectivity index (χ4n) is 3.31. The molecule has 2 unspecified atom stereocenters. The van der Waals surface area contributed by atoms with Crippen LogP contribution in [0.2, 0.25) is 0 Å². The van der Waals surface area contributed by atoms with Gasteiger partial charge in [-0.05, 0) is 55.0 Å². The summed E-state index contributed by atoms with van der Waals surface area (Å²) in [5.41, 5.74) is 5.75. The monoisotopic (exact) mass is 268 g/mol. The third kappa shape index (κ3) is 2.13. The van der Waals surface area contributed by atoms with Crippen LogP contribution in [0.5, 0.6) is 5.75 Å². The Morgan fingerprint density at radius 1 is 1.20 bits per heavy atom. The van der Waals surface area contributed by atoms with Crippen LogP contribution < -0.4 is 5.32 Å². The Morgan fingerprint density at radius 2 is 2.00 bits per heavy atom. The molecule has 0 spiro atoms. The molecule has 0 bridgehead atoms. The molecule has 1 aromatic carbocycles. The normalized spacial score (nSPS) is 20.8. The van der Waals surface area contributed by atoms with Crippen molar-refractivity contribution in [3.05, 3.63) is 52.8 Å². The molecular formula is C17H20N2O. The number of hydrogen-bond acceptors (Lipinski definition) is 3. The first kappa shape index (κ1) is 13.0. The average Bonchev–Trinajstić information content (AvgIpc) is 2.72. The maximum Gasteiger partial charge on any atom is 0.121 e. The van der Waals surface area contributed by atoms with Crippen LogP contribution in [0.3, 0.4) is 0 Å². The second-order valence-electron chi connectivity index (χ2n) is 5.81. The standard InChI is InChI=1S/C17H20N2O/c1-10-6-13(9-18-8-10)19-14-7-12(3)16-11(2)4-5-15(20)17(14)16/h4-6,8-9,12,14,19-20H,7H2,1-3H3. The van der Waals surface area contributed by atoms with Crippen molar-refractivity contribution in [2.24, 2.45) is 0 Å². The molecule has 0 radical (unpaired) electrons. The summed E-state index contributed by atoms with van der Waals surface area (Å²) in [5.74, 6) is 0.862. The van der Waals surface area contributed by atoms with Gasteiger partial charge in [0.15, 0.2) is 0 Å². The number of nitrogens with one attached hydrogen (secondary N) is 1. The predicted octanol–water partition coefficient (Wildman–Crippen LogP) is 4.06. The molecule has 2 atom stereocenters. The SMILES string of the molecule is Cc1cncc(NC2CC(C)c3c(C)ccc(O)c32)c1. The van der Waals surface area contributed by atoms with Gasteiger partial charge in [-0.1, -0.05) is 13.0 Å². The molecule has 0 saturated carbocycles. The number of aromatic hydroxyl groups is 1. The second-order valence-corrected chi connectivity index (χ2v) is 5.81. The summed E-state index contributed by atoms with van der Waals surface area (Å²) in [7, 11) is 0. The van der Waals surface area contributed by atoms with Gasteiger partial charge in [-0.2, -0.15) is 0 Å². The van der Waals surface area contributed by atoms with Gasteiger partial charge >= 0.3 is 0 Å². The van der Waals surface area contributed by atoms with Crippen molar-refractivity contribution in [3.8, 4) is 5.75 Å². The first-order valence-corrected chi connectivity index (χ1v) is 7.07. The first-order valence-electron chi connectivity index (χ1n) is 7.07. The Hall–Kier alpha value is -2.03. The molecule has 2 N–H and O–H groups in total. The van der Waals surface area contributed by atoms with Crippen molar-refractivity contribution in [1.82, 2.24) is 4.98 Å². The largest absolute Gasteiger partial charge is 0.508 e. The molecule has 104 valence electrons. The van der Waals surface area contributed by atoms with E-state index in [1.54, 1.807) is 6.07 Å². The summed E-state index contributed by atoms with van der Waals surface area (Å²) < 4.78 is 0. The van der Waals surface area contributed by atoms with Crippen molar-refractivity contribution < 1.29 is 5.11 Å². The van der Waals surface area contributed by atoms with Gasteiger partial charge in [-0.15, -0.1) is 0 Å². The highest BCUT2D eigenvalue weighted by molar-refractivity contribution is 5.55. The smallest absolute Gasteiger partial charge is 0.121 e. The molecule has 3 rings (SSSR count). The lowest BCUT2D eigenvalue weighted by Crippen LogP contribution is -2.08. The van der Waals surface area contributed by atoms with Crippen LogP contribution in [0.4, 0.5) is 5.69 Å². The fourth-order valence-corrected chi connectivity index (χ4v) is 3.31. The summed E-state index contributed by atoms with van der Waals surface area (Å²) in [6.07, 6.45) is 4.68. The van der Waals surface area contributed by atoms with Crippen LogP contribution in [0.25, 0.3) is 0 Å². The van der Waals surface area contributed by atoms with E-state index in [2.05, 4.69) is 30.2 Å². The van der Waals surface area contributed by atoms with Gasteiger partial charge in [0, 0.05) is 18.0 Å². The Bertz CT molecular complexity index is 651. The molecule has 20 heavy (non-hydrogen) atoms. The van der Waals surface area contributed by atoms with Crippen LogP contribution in [-0.2, 0) is 0 Å². The van der Waals surface area contributed by atoms with Gasteiger partial charge in [0.05, 0.1) is 11.7 Å². The molecule has 3 nitrogen and oxygen atoms in total. The average molecular weight is 268 g/mol. The molecule has 3 heteroatoms. The van der Waals surface area contributed by atoms with Crippen LogP contribution in [-0.4, -0.2) is 10.1 Å². The number of pyridine rings is 1. The summed E-state index contributed by atoms with van der Waals surface area (Å²) in [6.45, 7) is 6.37. The number of anilines is 1. The Labute approximate surface area is 119 Å². The van der Waals surface area contributed by atoms with Crippen LogP contribution in [0, 0.1) is 13.8 Å². The van der Waals surface area contributed by atoms with E-state index in [1.807, 2.05) is 25.4 Å². The van der Waals surface area contributed by atoms with E-state index in [1.165, 1.54) is 11.1 Å². The first-order chi connectivity index (χ1) is 9.56. The van der Waals surface area contributed by atoms with Crippen molar-refractivity contribution >= 4 is 5.69 Å². The van der Waals surface area contributed by atoms with Gasteiger partial charge in [0.2, 0.25) is 0 Å². The quantitative estimate of drug-likeness (QED) is 0.863. The lowest BCUT2D eigenvalue weighted by atomic mass is 9.97. The third-order valence-corrected chi connectivity index (χ3v) is 4.13. The molecular weight excluding hydrogens is 248 g/mol. The molecule has 1 aliphatic carbocycles. The van der Waals surface area contributed by atoms with Gasteiger partial charge in [0.1, 0.15) is 5.75 Å². The highest BCUT2D eigenvalue weighted by Gasteiger charge is 2.32. The molecule has 0 saturated heterocycles. The van der Waals surface area contributed by atoms with E-state index in [-0.39, 0.29) is 6.04 Å². The third-order valence-electron chi connectivity index (χ3n) is 4.13. The number of phenolic OH excluding ortho intramolecular Hbond substituents is 1. The van der Waals surface area contributed by atoms with Crippen LogP contribution in [0.1, 0.15) is 47.6 Å². The number of phenols is 1. The summed E-state index contributed by atoms with van der Waals surface area (Å²) in [5, 5.41) is 13.7. The zero-order valence-electron chi connectivity index (χ0n) is 12.1. The van der Waals surface area contributed by atoms with E-state index in [0.29, 0.717) is 11.7 Å². The molecule has 0 aliphatic heterocycles. The number of aromatic nitrogens is 1. The van der Waals surface area contributed by atoms with Gasteiger partial charge in [-0.3, -0.25) is 4.98 Å². The number of aryl methyl sites for hydroxylation is 2. The highest BCUT2D eigenvalue weighted by Crippen LogP contribution is 2.47. The topological polar surface area (TPSA) is 45.2 Å². The molecule has 2 aromatic rings. The predicted molar refractivity (Wildman–Crippen MR) is 81.2 cm³/mol. The Kier molecular flexibility index (Phi) is 3.13. The number of benzene rings is 1. The number of rotatable bonds is 2. The zero-order valence-corrected chi connectivity index (χ0v) is 12.1. The van der Waals surface area contributed by atoms with Crippen LogP contribution in [0.15, 0.2) is 30.6 Å². The molecule has 0 fully saturated rings. The zero-order chi connectivity index (χ0) is 14.3. The van der Waals surface area contributed by atoms with Gasteiger partial charge in [0.25, 0.3) is 0 Å². The van der Waals surface area contributed by atoms with E-state index in [9.17, 15) is 5.11 Å². The number of nitrogens with zero attached hydrogens (tertiary/aromatic N) is 1. The maximum atomic E-state index is 10.2. The Balaban J connectivity index is 1.97. The van der Waals surface area contributed by atoms with E-state index >= 15 is 0 Å². The molecule has 1 aromatic heterocycles. The summed E-state index contributed by atoms with van der Waals surface area (Å²) in [6, 6.07) is 6.04. The Morgan fingerprint density at radius 3 is 2.75 bits per heavy atom. The molecule has 0 amide bonds. The van der Waals surface area contributed by atoms with Gasteiger partial charge in [-0.25, -0.2) is 0 Å². The molecule has 1 aliphatic rings. The van der Waals surface area contributed by atoms with Gasteiger partial charge < -0.3 is 10.4 Å². The minimum atomic E-state index is 0.156. The van der Waals surface area contributed by atoms with Crippen molar-refractivity contribution in [1.29, 1.82) is 0 Å². The fraction of sp³-hybridized carbons (Fsp3) is 0.353. The van der Waals surface area contributed by atoms with E-state index < -0.39 is 0 Å². The number of hydrogen-bond donors (Lipinski definition) is 2. The minimum Gasteiger partial charge on any atom is -0.508 e. The highest BCUT2D eigenvalue weighted by atomic mass is 16.3. The lowest BCUT2D eigenvalue weighted by Gasteiger charge is -2.17. The summed E-state index contributed by atoms with van der Waals surface area (Å²) in [4.78, 5) is 4.22. The van der Waals surface area contributed by atoms with Crippen molar-refractivity contribution in [2.45, 2.75) is 39.2 Å². The summed E-state index contributed by atoms with van der Waals surface area (Å²) >= 11 is 0. The number of fused-ring (bicyclic) bond motifs is 1. The van der Waals surface area contributed by atoms with E-state index in [4.69, 9.17) is 0 Å². The maximum absolute atomic E-state index is 10.2.